The van der Waals surface area contributed by atoms with Gasteiger partial charge in [-0.3, -0.25) is 4.79 Å². The maximum absolute atomic E-state index is 14.0. The lowest BCUT2D eigenvalue weighted by Gasteiger charge is -2.06. The standard InChI is InChI=1S/C26H20ClFN4O/c27-20-11-9-17(10-12-20)15-29-16-19-14-23-24(18-5-4-6-21(28)13-18)31-32(25(23)30-26(19)33)22-7-2-1-3-8-22/h1-14,29H,15-16H2,(H,30,33). The fraction of sp³-hybridized carbons (Fsp3) is 0.0769. The van der Waals surface area contributed by atoms with Crippen LogP contribution in [0.15, 0.2) is 89.7 Å². The van der Waals surface area contributed by atoms with E-state index in [9.17, 15) is 9.18 Å². The molecule has 0 aliphatic carbocycles. The summed E-state index contributed by atoms with van der Waals surface area (Å²) in [6.07, 6.45) is 0. The molecule has 5 rings (SSSR count). The molecule has 0 aliphatic heterocycles. The molecule has 2 N–H and O–H groups in total. The molecule has 0 amide bonds. The van der Waals surface area contributed by atoms with Gasteiger partial charge >= 0.3 is 0 Å². The van der Waals surface area contributed by atoms with Crippen molar-refractivity contribution < 1.29 is 4.39 Å². The molecule has 7 heteroatoms. The molecule has 2 aromatic heterocycles. The van der Waals surface area contributed by atoms with Gasteiger partial charge < -0.3 is 10.3 Å². The first-order valence-electron chi connectivity index (χ1n) is 10.5. The second-order valence-corrected chi connectivity index (χ2v) is 8.16. The van der Waals surface area contributed by atoms with Gasteiger partial charge in [-0.05, 0) is 48.0 Å². The van der Waals surface area contributed by atoms with Gasteiger partial charge in [0.25, 0.3) is 5.56 Å². The van der Waals surface area contributed by atoms with Crippen LogP contribution in [0, 0.1) is 5.82 Å². The van der Waals surface area contributed by atoms with Gasteiger partial charge in [-0.15, -0.1) is 0 Å². The molecule has 0 fully saturated rings. The highest BCUT2D eigenvalue weighted by molar-refractivity contribution is 6.30. The average Bonchev–Trinajstić information content (AvgIpc) is 3.19. The molecule has 0 aliphatic rings. The van der Waals surface area contributed by atoms with Crippen molar-refractivity contribution in [1.29, 1.82) is 0 Å². The van der Waals surface area contributed by atoms with E-state index in [-0.39, 0.29) is 11.4 Å². The number of H-pyrrole nitrogens is 1. The summed E-state index contributed by atoms with van der Waals surface area (Å²) in [7, 11) is 0. The molecular weight excluding hydrogens is 439 g/mol. The van der Waals surface area contributed by atoms with Crippen molar-refractivity contribution in [3.05, 3.63) is 117 Å². The van der Waals surface area contributed by atoms with Gasteiger partial charge in [-0.25, -0.2) is 9.07 Å². The Morgan fingerprint density at radius 2 is 1.73 bits per heavy atom. The van der Waals surface area contributed by atoms with E-state index < -0.39 is 0 Å². The van der Waals surface area contributed by atoms with E-state index in [1.165, 1.54) is 12.1 Å². The van der Waals surface area contributed by atoms with Gasteiger partial charge in [0.15, 0.2) is 0 Å². The summed E-state index contributed by atoms with van der Waals surface area (Å²) >= 11 is 5.94. The van der Waals surface area contributed by atoms with E-state index in [4.69, 9.17) is 16.7 Å². The molecule has 0 saturated carbocycles. The minimum Gasteiger partial charge on any atom is -0.308 e. The monoisotopic (exact) mass is 458 g/mol. The van der Waals surface area contributed by atoms with Crippen LogP contribution in [0.25, 0.3) is 28.0 Å². The molecule has 0 radical (unpaired) electrons. The molecule has 0 saturated heterocycles. The molecule has 0 atom stereocenters. The Morgan fingerprint density at radius 1 is 0.939 bits per heavy atom. The second-order valence-electron chi connectivity index (χ2n) is 7.72. The summed E-state index contributed by atoms with van der Waals surface area (Å²) < 4.78 is 15.7. The SMILES string of the molecule is O=c1[nH]c2c(cc1CNCc1ccc(Cl)cc1)c(-c1cccc(F)c1)nn2-c1ccccc1. The number of aromatic amines is 1. The Morgan fingerprint density at radius 3 is 2.48 bits per heavy atom. The Kier molecular flexibility index (Phi) is 5.77. The predicted octanol–water partition coefficient (Wildman–Crippen LogP) is 5.46. The number of rotatable bonds is 6. The van der Waals surface area contributed by atoms with Gasteiger partial charge in [0.1, 0.15) is 17.2 Å². The van der Waals surface area contributed by atoms with Crippen LogP contribution < -0.4 is 10.9 Å². The van der Waals surface area contributed by atoms with Crippen molar-refractivity contribution in [3.8, 4) is 16.9 Å². The number of hydrogen-bond acceptors (Lipinski definition) is 3. The zero-order valence-corrected chi connectivity index (χ0v) is 18.3. The van der Waals surface area contributed by atoms with Crippen LogP contribution in [0.5, 0.6) is 0 Å². The molecule has 5 aromatic rings. The molecule has 0 bridgehead atoms. The van der Waals surface area contributed by atoms with E-state index in [1.54, 1.807) is 10.7 Å². The maximum Gasteiger partial charge on any atom is 0.254 e. The second kappa shape index (κ2) is 9.02. The Bertz CT molecular complexity index is 1480. The summed E-state index contributed by atoms with van der Waals surface area (Å²) in [6.45, 7) is 0.960. The van der Waals surface area contributed by atoms with Crippen LogP contribution in [0.3, 0.4) is 0 Å². The van der Waals surface area contributed by atoms with Crippen LogP contribution in [-0.4, -0.2) is 14.8 Å². The highest BCUT2D eigenvalue weighted by Gasteiger charge is 2.17. The highest BCUT2D eigenvalue weighted by atomic mass is 35.5. The van der Waals surface area contributed by atoms with Crippen molar-refractivity contribution in [2.45, 2.75) is 13.1 Å². The lowest BCUT2D eigenvalue weighted by Crippen LogP contribution is -2.21. The summed E-state index contributed by atoms with van der Waals surface area (Å²) in [5.41, 5.74) is 4.04. The maximum atomic E-state index is 14.0. The fourth-order valence-corrected chi connectivity index (χ4v) is 3.92. The van der Waals surface area contributed by atoms with Crippen LogP contribution in [0.2, 0.25) is 5.02 Å². The largest absolute Gasteiger partial charge is 0.308 e. The topological polar surface area (TPSA) is 62.7 Å². The van der Waals surface area contributed by atoms with E-state index in [1.807, 2.05) is 66.7 Å². The third-order valence-electron chi connectivity index (χ3n) is 5.42. The molecule has 5 nitrogen and oxygen atoms in total. The van der Waals surface area contributed by atoms with Gasteiger partial charge in [-0.1, -0.05) is 54.1 Å². The number of para-hydroxylation sites is 1. The first kappa shape index (κ1) is 21.1. The van der Waals surface area contributed by atoms with Gasteiger partial charge in [0.05, 0.1) is 5.69 Å². The van der Waals surface area contributed by atoms with Crippen LogP contribution >= 0.6 is 11.6 Å². The third kappa shape index (κ3) is 4.44. The van der Waals surface area contributed by atoms with Crippen LogP contribution in [-0.2, 0) is 13.1 Å². The zero-order valence-electron chi connectivity index (χ0n) is 17.6. The molecular formula is C26H20ClFN4O. The summed E-state index contributed by atoms with van der Waals surface area (Å²) in [4.78, 5) is 15.9. The summed E-state index contributed by atoms with van der Waals surface area (Å²) in [5.74, 6) is -0.343. The highest BCUT2D eigenvalue weighted by Crippen LogP contribution is 2.29. The van der Waals surface area contributed by atoms with Crippen LogP contribution in [0.4, 0.5) is 4.39 Å². The van der Waals surface area contributed by atoms with E-state index >= 15 is 0 Å². The van der Waals surface area contributed by atoms with E-state index in [0.717, 1.165) is 16.6 Å². The number of fused-ring (bicyclic) bond motifs is 1. The third-order valence-corrected chi connectivity index (χ3v) is 5.67. The number of nitrogens with one attached hydrogen (secondary N) is 2. The quantitative estimate of drug-likeness (QED) is 0.355. The molecule has 33 heavy (non-hydrogen) atoms. The molecule has 0 unspecified atom stereocenters. The first-order valence-corrected chi connectivity index (χ1v) is 10.9. The first-order chi connectivity index (χ1) is 16.1. The van der Waals surface area contributed by atoms with Crippen molar-refractivity contribution >= 4 is 22.6 Å². The molecule has 2 heterocycles. The van der Waals surface area contributed by atoms with E-state index in [2.05, 4.69) is 10.3 Å². The number of hydrogen-bond donors (Lipinski definition) is 2. The molecule has 0 spiro atoms. The number of halogens is 2. The normalized spacial score (nSPS) is 11.2. The lowest BCUT2D eigenvalue weighted by molar-refractivity contribution is 0.628. The van der Waals surface area contributed by atoms with Crippen molar-refractivity contribution in [1.82, 2.24) is 20.1 Å². The Labute approximate surface area is 194 Å². The number of nitrogens with zero attached hydrogens (tertiary/aromatic N) is 2. The van der Waals surface area contributed by atoms with Gasteiger partial charge in [0, 0.05) is 34.6 Å². The van der Waals surface area contributed by atoms with Crippen molar-refractivity contribution in [2.75, 3.05) is 0 Å². The van der Waals surface area contributed by atoms with Gasteiger partial charge in [-0.2, -0.15) is 5.10 Å². The van der Waals surface area contributed by atoms with Crippen LogP contribution in [0.1, 0.15) is 11.1 Å². The number of aromatic nitrogens is 3. The molecule has 3 aromatic carbocycles. The fourth-order valence-electron chi connectivity index (χ4n) is 3.79. The lowest BCUT2D eigenvalue weighted by atomic mass is 10.1. The molecule has 164 valence electrons. The number of pyridine rings is 1. The smallest absolute Gasteiger partial charge is 0.254 e. The summed E-state index contributed by atoms with van der Waals surface area (Å²) in [6, 6.07) is 25.2. The predicted molar refractivity (Wildman–Crippen MR) is 129 cm³/mol. The minimum absolute atomic E-state index is 0.200. The van der Waals surface area contributed by atoms with Crippen molar-refractivity contribution in [2.24, 2.45) is 0 Å². The zero-order chi connectivity index (χ0) is 22.8. The average molecular weight is 459 g/mol. The van der Waals surface area contributed by atoms with Gasteiger partial charge in [0.2, 0.25) is 0 Å². The minimum atomic E-state index is -0.343. The van der Waals surface area contributed by atoms with Crippen molar-refractivity contribution in [3.63, 3.8) is 0 Å². The summed E-state index contributed by atoms with van der Waals surface area (Å²) in [5, 5.41) is 9.46. The Balaban J connectivity index is 1.55. The Hall–Kier alpha value is -3.74. The number of benzene rings is 3. The van der Waals surface area contributed by atoms with E-state index in [0.29, 0.717) is 40.6 Å².